The standard InChI is InChI=1S/C14H25NO5/c1-14(2,3)20-13(17)15-8-6-7-10(15)9-11(18-4)12(16)19-5/h10-11H,6-9H2,1-5H3. The number of carbonyl (C=O) groups excluding carboxylic acids is 2. The van der Waals surface area contributed by atoms with Crippen molar-refractivity contribution in [3.63, 3.8) is 0 Å². The van der Waals surface area contributed by atoms with E-state index in [2.05, 4.69) is 0 Å². The van der Waals surface area contributed by atoms with E-state index < -0.39 is 17.7 Å². The Morgan fingerprint density at radius 2 is 1.95 bits per heavy atom. The first-order chi connectivity index (χ1) is 9.28. The van der Waals surface area contributed by atoms with E-state index in [4.69, 9.17) is 14.2 Å². The molecule has 116 valence electrons. The van der Waals surface area contributed by atoms with Crippen molar-refractivity contribution in [2.45, 2.75) is 57.8 Å². The summed E-state index contributed by atoms with van der Waals surface area (Å²) in [5, 5.41) is 0. The van der Waals surface area contributed by atoms with Crippen LogP contribution in [0.1, 0.15) is 40.0 Å². The van der Waals surface area contributed by atoms with Crippen molar-refractivity contribution in [3.8, 4) is 0 Å². The predicted molar refractivity (Wildman–Crippen MR) is 73.4 cm³/mol. The van der Waals surface area contributed by atoms with Crippen LogP contribution in [-0.4, -0.2) is 55.5 Å². The molecule has 0 N–H and O–H groups in total. The number of amides is 1. The Kier molecular flexibility index (Phi) is 5.80. The summed E-state index contributed by atoms with van der Waals surface area (Å²) in [4.78, 5) is 25.4. The van der Waals surface area contributed by atoms with Crippen LogP contribution in [-0.2, 0) is 19.0 Å². The number of likely N-dealkylation sites (tertiary alicyclic amines) is 1. The molecule has 1 rings (SSSR count). The maximum atomic E-state index is 12.1. The molecule has 1 amide bonds. The van der Waals surface area contributed by atoms with Gasteiger partial charge in [0.15, 0.2) is 6.10 Å². The summed E-state index contributed by atoms with van der Waals surface area (Å²) in [7, 11) is 2.79. The quantitative estimate of drug-likeness (QED) is 0.740. The molecule has 20 heavy (non-hydrogen) atoms. The number of hydrogen-bond donors (Lipinski definition) is 0. The van der Waals surface area contributed by atoms with E-state index in [0.29, 0.717) is 13.0 Å². The lowest BCUT2D eigenvalue weighted by Crippen LogP contribution is -2.42. The van der Waals surface area contributed by atoms with E-state index >= 15 is 0 Å². The van der Waals surface area contributed by atoms with Gasteiger partial charge in [-0.2, -0.15) is 0 Å². The third kappa shape index (κ3) is 4.67. The number of hydrogen-bond acceptors (Lipinski definition) is 5. The Morgan fingerprint density at radius 1 is 1.30 bits per heavy atom. The number of nitrogens with zero attached hydrogens (tertiary/aromatic N) is 1. The molecule has 1 aliphatic rings. The number of esters is 1. The molecule has 1 fully saturated rings. The van der Waals surface area contributed by atoms with Crippen LogP contribution in [0.25, 0.3) is 0 Å². The molecule has 1 heterocycles. The van der Waals surface area contributed by atoms with Crippen molar-refractivity contribution >= 4 is 12.1 Å². The van der Waals surface area contributed by atoms with Crippen molar-refractivity contribution in [1.29, 1.82) is 0 Å². The van der Waals surface area contributed by atoms with E-state index in [9.17, 15) is 9.59 Å². The minimum absolute atomic E-state index is 0.0473. The maximum absolute atomic E-state index is 12.1. The number of rotatable bonds is 4. The third-order valence-electron chi connectivity index (χ3n) is 3.24. The molecule has 1 saturated heterocycles. The van der Waals surface area contributed by atoms with Gasteiger partial charge in [0.1, 0.15) is 5.60 Å². The highest BCUT2D eigenvalue weighted by molar-refractivity contribution is 5.75. The van der Waals surface area contributed by atoms with Gasteiger partial charge in [-0.05, 0) is 33.6 Å². The van der Waals surface area contributed by atoms with E-state index in [1.165, 1.54) is 14.2 Å². The van der Waals surface area contributed by atoms with Gasteiger partial charge >= 0.3 is 12.1 Å². The second-order valence-corrected chi connectivity index (χ2v) is 5.95. The number of ether oxygens (including phenoxy) is 3. The van der Waals surface area contributed by atoms with Gasteiger partial charge in [-0.3, -0.25) is 0 Å². The number of methoxy groups -OCH3 is 2. The van der Waals surface area contributed by atoms with Crippen LogP contribution in [0.15, 0.2) is 0 Å². The van der Waals surface area contributed by atoms with Gasteiger partial charge in [-0.15, -0.1) is 0 Å². The molecule has 0 aliphatic carbocycles. The Morgan fingerprint density at radius 3 is 2.45 bits per heavy atom. The molecule has 2 unspecified atom stereocenters. The van der Waals surface area contributed by atoms with Crippen molar-refractivity contribution in [2.24, 2.45) is 0 Å². The topological polar surface area (TPSA) is 65.1 Å². The van der Waals surface area contributed by atoms with Crippen LogP contribution in [0.3, 0.4) is 0 Å². The van der Waals surface area contributed by atoms with Crippen molar-refractivity contribution in [3.05, 3.63) is 0 Å². The Balaban J connectivity index is 2.65. The molecule has 0 spiro atoms. The third-order valence-corrected chi connectivity index (χ3v) is 3.24. The lowest BCUT2D eigenvalue weighted by atomic mass is 10.1. The van der Waals surface area contributed by atoms with Crippen LogP contribution >= 0.6 is 0 Å². The first-order valence-corrected chi connectivity index (χ1v) is 6.88. The summed E-state index contributed by atoms with van der Waals surface area (Å²) in [5.41, 5.74) is -0.521. The van der Waals surface area contributed by atoms with E-state index in [1.807, 2.05) is 20.8 Å². The SMILES string of the molecule is COC(=O)C(CC1CCCN1C(=O)OC(C)(C)C)OC. The first kappa shape index (κ1) is 16.8. The highest BCUT2D eigenvalue weighted by Gasteiger charge is 2.35. The summed E-state index contributed by atoms with van der Waals surface area (Å²) in [6.07, 6.45) is 1.20. The molecule has 0 saturated carbocycles. The van der Waals surface area contributed by atoms with Crippen LogP contribution in [0.4, 0.5) is 4.79 Å². The summed E-state index contributed by atoms with van der Waals surface area (Å²) in [5.74, 6) is -0.413. The molecule has 0 bridgehead atoms. The minimum Gasteiger partial charge on any atom is -0.467 e. The molecule has 6 heteroatoms. The van der Waals surface area contributed by atoms with Crippen molar-refractivity contribution in [2.75, 3.05) is 20.8 Å². The zero-order chi connectivity index (χ0) is 15.3. The minimum atomic E-state index is -0.645. The zero-order valence-electron chi connectivity index (χ0n) is 13.0. The Bertz CT molecular complexity index is 350. The molecule has 6 nitrogen and oxygen atoms in total. The average Bonchev–Trinajstić information content (AvgIpc) is 2.81. The molecule has 1 aliphatic heterocycles. The molecular weight excluding hydrogens is 262 g/mol. The van der Waals surface area contributed by atoms with Crippen molar-refractivity contribution in [1.82, 2.24) is 4.90 Å². The lowest BCUT2D eigenvalue weighted by molar-refractivity contribution is -0.153. The summed E-state index contributed by atoms with van der Waals surface area (Å²) in [6.45, 7) is 6.16. The van der Waals surface area contributed by atoms with E-state index in [-0.39, 0.29) is 12.1 Å². The fraction of sp³-hybridized carbons (Fsp3) is 0.857. The molecule has 0 aromatic carbocycles. The summed E-state index contributed by atoms with van der Waals surface area (Å²) < 4.78 is 15.2. The second kappa shape index (κ2) is 6.92. The highest BCUT2D eigenvalue weighted by atomic mass is 16.6. The first-order valence-electron chi connectivity index (χ1n) is 6.88. The summed E-state index contributed by atoms with van der Waals surface area (Å²) in [6, 6.07) is -0.0473. The largest absolute Gasteiger partial charge is 0.467 e. The maximum Gasteiger partial charge on any atom is 0.410 e. The van der Waals surface area contributed by atoms with Gasteiger partial charge in [0.2, 0.25) is 0 Å². The van der Waals surface area contributed by atoms with Gasteiger partial charge in [0.25, 0.3) is 0 Å². The van der Waals surface area contributed by atoms with Gasteiger partial charge < -0.3 is 19.1 Å². The molecule has 0 aromatic rings. The molecule has 2 atom stereocenters. The number of carbonyl (C=O) groups is 2. The van der Waals surface area contributed by atoms with Gasteiger partial charge in [0, 0.05) is 26.1 Å². The second-order valence-electron chi connectivity index (χ2n) is 5.95. The average molecular weight is 287 g/mol. The Labute approximate surface area is 120 Å². The predicted octanol–water partition coefficient (Wildman–Crippen LogP) is 1.96. The monoisotopic (exact) mass is 287 g/mol. The van der Waals surface area contributed by atoms with Gasteiger partial charge in [-0.25, -0.2) is 9.59 Å². The van der Waals surface area contributed by atoms with Gasteiger partial charge in [0.05, 0.1) is 7.11 Å². The normalized spacial score (nSPS) is 20.6. The van der Waals surface area contributed by atoms with Gasteiger partial charge in [-0.1, -0.05) is 0 Å². The fourth-order valence-corrected chi connectivity index (χ4v) is 2.31. The van der Waals surface area contributed by atoms with Crippen LogP contribution < -0.4 is 0 Å². The smallest absolute Gasteiger partial charge is 0.410 e. The van der Waals surface area contributed by atoms with Crippen LogP contribution in [0.5, 0.6) is 0 Å². The van der Waals surface area contributed by atoms with Crippen LogP contribution in [0.2, 0.25) is 0 Å². The van der Waals surface area contributed by atoms with E-state index in [1.54, 1.807) is 4.90 Å². The van der Waals surface area contributed by atoms with Crippen LogP contribution in [0, 0.1) is 0 Å². The zero-order valence-corrected chi connectivity index (χ0v) is 13.0. The lowest BCUT2D eigenvalue weighted by Gasteiger charge is -2.29. The fourth-order valence-electron chi connectivity index (χ4n) is 2.31. The summed E-state index contributed by atoms with van der Waals surface area (Å²) >= 11 is 0. The van der Waals surface area contributed by atoms with Crippen molar-refractivity contribution < 1.29 is 23.8 Å². The molecular formula is C14H25NO5. The van der Waals surface area contributed by atoms with E-state index in [0.717, 1.165) is 12.8 Å². The Hall–Kier alpha value is -1.30. The molecule has 0 aromatic heterocycles. The highest BCUT2D eigenvalue weighted by Crippen LogP contribution is 2.24. The molecule has 0 radical (unpaired) electrons.